The van der Waals surface area contributed by atoms with Crippen LogP contribution in [0.3, 0.4) is 0 Å². The van der Waals surface area contributed by atoms with E-state index in [9.17, 15) is 9.59 Å². The molecule has 6 rings (SSSR count). The molecule has 1 saturated heterocycles. The van der Waals surface area contributed by atoms with Gasteiger partial charge < -0.3 is 15.4 Å². The number of β-lactam (4-membered cyclic amide) rings is 1. The van der Waals surface area contributed by atoms with Gasteiger partial charge in [0.1, 0.15) is 12.1 Å². The Hall–Kier alpha value is -3.25. The molecule has 5 nitrogen and oxygen atoms in total. The molecule has 6 heteroatoms. The lowest BCUT2D eigenvalue weighted by molar-refractivity contribution is -0.131. The standard InChI is InChI=1S/C34H38N2O3S/c1-32(2)26-19-20-33(32,3)28(21-26)39-31(38)36-29-27(35-30(29)37)22-40-34(23-13-7-4-8-14-23,24-15-9-5-10-16-24)25-17-11-6-12-18-25/h4-18,26-29H,19-22H2,1-3H3,(H,35,37)(H,36,38). The van der Waals surface area contributed by atoms with Crippen molar-refractivity contribution in [3.8, 4) is 0 Å². The molecule has 5 unspecified atom stereocenters. The largest absolute Gasteiger partial charge is 0.446 e. The van der Waals surface area contributed by atoms with Crippen molar-refractivity contribution >= 4 is 23.8 Å². The minimum atomic E-state index is -0.612. The van der Waals surface area contributed by atoms with Crippen LogP contribution in [0.5, 0.6) is 0 Å². The van der Waals surface area contributed by atoms with Crippen LogP contribution in [0.4, 0.5) is 4.79 Å². The van der Waals surface area contributed by atoms with Gasteiger partial charge in [-0.3, -0.25) is 4.79 Å². The highest BCUT2D eigenvalue weighted by Crippen LogP contribution is 2.66. The fraction of sp³-hybridized carbons (Fsp3) is 0.412. The van der Waals surface area contributed by atoms with Gasteiger partial charge in [-0.2, -0.15) is 0 Å². The first kappa shape index (κ1) is 26.9. The first-order chi connectivity index (χ1) is 19.3. The van der Waals surface area contributed by atoms with Gasteiger partial charge in [0.15, 0.2) is 0 Å². The van der Waals surface area contributed by atoms with Crippen LogP contribution in [0.2, 0.25) is 0 Å². The van der Waals surface area contributed by atoms with Gasteiger partial charge in [0.2, 0.25) is 5.91 Å². The molecule has 1 heterocycles. The summed E-state index contributed by atoms with van der Waals surface area (Å²) in [6.45, 7) is 6.86. The van der Waals surface area contributed by atoms with E-state index in [4.69, 9.17) is 4.74 Å². The monoisotopic (exact) mass is 554 g/mol. The lowest BCUT2D eigenvalue weighted by atomic mass is 9.70. The molecule has 208 valence electrons. The number of benzene rings is 3. The molecule has 5 atom stereocenters. The Morgan fingerprint density at radius 2 is 1.45 bits per heavy atom. The molecule has 0 aromatic heterocycles. The summed E-state index contributed by atoms with van der Waals surface area (Å²) in [6.07, 6.45) is 2.58. The van der Waals surface area contributed by atoms with E-state index in [1.807, 2.05) is 18.2 Å². The van der Waals surface area contributed by atoms with Crippen LogP contribution in [0, 0.1) is 16.7 Å². The molecule has 0 radical (unpaired) electrons. The third kappa shape index (κ3) is 4.32. The van der Waals surface area contributed by atoms with Crippen molar-refractivity contribution in [3.63, 3.8) is 0 Å². The minimum absolute atomic E-state index is 0.0210. The van der Waals surface area contributed by atoms with Gasteiger partial charge in [0, 0.05) is 11.2 Å². The minimum Gasteiger partial charge on any atom is -0.446 e. The highest BCUT2D eigenvalue weighted by molar-refractivity contribution is 8.00. The molecular weight excluding hydrogens is 516 g/mol. The topological polar surface area (TPSA) is 67.4 Å². The van der Waals surface area contributed by atoms with E-state index in [0.29, 0.717) is 11.7 Å². The fourth-order valence-corrected chi connectivity index (χ4v) is 8.94. The maximum absolute atomic E-state index is 13.1. The normalized spacial score (nSPS) is 28.4. The maximum atomic E-state index is 13.1. The first-order valence-corrected chi connectivity index (χ1v) is 15.3. The predicted octanol–water partition coefficient (Wildman–Crippen LogP) is 6.52. The number of amides is 2. The molecule has 3 fully saturated rings. The van der Waals surface area contributed by atoms with Crippen LogP contribution >= 0.6 is 11.8 Å². The summed E-state index contributed by atoms with van der Waals surface area (Å²) >= 11 is 1.78. The van der Waals surface area contributed by atoms with Gasteiger partial charge in [0.05, 0.1) is 10.8 Å². The summed E-state index contributed by atoms with van der Waals surface area (Å²) in [7, 11) is 0. The summed E-state index contributed by atoms with van der Waals surface area (Å²) in [5.74, 6) is 1.03. The Morgan fingerprint density at radius 1 is 0.925 bits per heavy atom. The molecule has 2 bridgehead atoms. The van der Waals surface area contributed by atoms with Gasteiger partial charge in [0.25, 0.3) is 0 Å². The van der Waals surface area contributed by atoms with Crippen LogP contribution in [0.1, 0.15) is 56.7 Å². The van der Waals surface area contributed by atoms with E-state index in [1.54, 1.807) is 11.8 Å². The van der Waals surface area contributed by atoms with Crippen molar-refractivity contribution in [2.24, 2.45) is 16.7 Å². The number of hydrogen-bond donors (Lipinski definition) is 2. The number of nitrogens with one attached hydrogen (secondary N) is 2. The van der Waals surface area contributed by atoms with Crippen molar-refractivity contribution in [2.75, 3.05) is 5.75 Å². The van der Waals surface area contributed by atoms with Crippen molar-refractivity contribution in [3.05, 3.63) is 108 Å². The molecule has 0 spiro atoms. The van der Waals surface area contributed by atoms with E-state index in [1.165, 1.54) is 23.1 Å². The molecule has 1 aliphatic heterocycles. The van der Waals surface area contributed by atoms with Crippen molar-refractivity contribution < 1.29 is 14.3 Å². The fourth-order valence-electron chi connectivity index (χ4n) is 7.33. The molecule has 2 aliphatic carbocycles. The summed E-state index contributed by atoms with van der Waals surface area (Å²) in [6, 6.07) is 30.7. The number of carbonyl (C=O) groups is 2. The Balaban J connectivity index is 1.21. The number of rotatable bonds is 8. The third-order valence-corrected chi connectivity index (χ3v) is 11.9. The SMILES string of the molecule is CC1(C)C2CCC1(C)C(OC(=O)NC1C(=O)NC1CSC(c1ccccc1)(c1ccccc1)c1ccccc1)C2. The van der Waals surface area contributed by atoms with Gasteiger partial charge >= 0.3 is 6.09 Å². The third-order valence-electron chi connectivity index (χ3n) is 10.3. The lowest BCUT2D eigenvalue weighted by Crippen LogP contribution is -2.70. The number of ether oxygens (including phenoxy) is 1. The van der Waals surface area contributed by atoms with Crippen LogP contribution in [-0.4, -0.2) is 35.9 Å². The zero-order valence-electron chi connectivity index (χ0n) is 23.4. The Labute approximate surface area is 241 Å². The number of thioether (sulfide) groups is 1. The highest BCUT2D eigenvalue weighted by atomic mass is 32.2. The van der Waals surface area contributed by atoms with Crippen LogP contribution < -0.4 is 10.6 Å². The lowest BCUT2D eigenvalue weighted by Gasteiger charge is -2.42. The summed E-state index contributed by atoms with van der Waals surface area (Å²) in [4.78, 5) is 25.7. The second-order valence-electron chi connectivity index (χ2n) is 12.3. The van der Waals surface area contributed by atoms with Gasteiger partial charge in [-0.05, 0) is 47.3 Å². The van der Waals surface area contributed by atoms with Gasteiger partial charge in [-0.15, -0.1) is 11.8 Å². The number of hydrogen-bond acceptors (Lipinski definition) is 4. The van der Waals surface area contributed by atoms with E-state index in [2.05, 4.69) is 104 Å². The number of fused-ring (bicyclic) bond motifs is 2. The van der Waals surface area contributed by atoms with Crippen LogP contribution in [-0.2, 0) is 14.3 Å². The Morgan fingerprint density at radius 3 is 1.88 bits per heavy atom. The number of alkyl carbamates (subject to hydrolysis) is 1. The second-order valence-corrected chi connectivity index (χ2v) is 13.6. The van der Waals surface area contributed by atoms with Gasteiger partial charge in [-0.1, -0.05) is 112 Å². The van der Waals surface area contributed by atoms with Crippen molar-refractivity contribution in [2.45, 2.75) is 63.0 Å². The zero-order chi connectivity index (χ0) is 28.0. The van der Waals surface area contributed by atoms with E-state index < -0.39 is 16.9 Å². The average Bonchev–Trinajstić information content (AvgIpc) is 3.31. The average molecular weight is 555 g/mol. The smallest absolute Gasteiger partial charge is 0.408 e. The van der Waals surface area contributed by atoms with Crippen molar-refractivity contribution in [1.82, 2.24) is 10.6 Å². The molecule has 2 N–H and O–H groups in total. The Kier molecular flexibility index (Phi) is 6.94. The highest BCUT2D eigenvalue weighted by Gasteiger charge is 2.63. The number of carbonyl (C=O) groups excluding carboxylic acids is 2. The molecule has 3 aliphatic rings. The maximum Gasteiger partial charge on any atom is 0.408 e. The predicted molar refractivity (Wildman–Crippen MR) is 160 cm³/mol. The summed E-state index contributed by atoms with van der Waals surface area (Å²) in [5.41, 5.74) is 3.63. The molecule has 2 amide bonds. The summed E-state index contributed by atoms with van der Waals surface area (Å²) in [5, 5.41) is 5.95. The quantitative estimate of drug-likeness (QED) is 0.246. The first-order valence-electron chi connectivity index (χ1n) is 14.3. The van der Waals surface area contributed by atoms with E-state index in [0.717, 1.165) is 12.8 Å². The second kappa shape index (κ2) is 10.3. The van der Waals surface area contributed by atoms with Gasteiger partial charge in [-0.25, -0.2) is 4.79 Å². The zero-order valence-corrected chi connectivity index (χ0v) is 24.2. The molecule has 3 aromatic carbocycles. The Bertz CT molecular complexity index is 1270. The van der Waals surface area contributed by atoms with E-state index >= 15 is 0 Å². The molecular formula is C34H38N2O3S. The summed E-state index contributed by atoms with van der Waals surface area (Å²) < 4.78 is 5.52. The van der Waals surface area contributed by atoms with E-state index in [-0.39, 0.29) is 28.9 Å². The molecule has 3 aromatic rings. The van der Waals surface area contributed by atoms with Crippen molar-refractivity contribution in [1.29, 1.82) is 0 Å². The molecule has 40 heavy (non-hydrogen) atoms. The molecule has 2 saturated carbocycles. The van der Waals surface area contributed by atoms with Crippen LogP contribution in [0.15, 0.2) is 91.0 Å². The van der Waals surface area contributed by atoms with Crippen LogP contribution in [0.25, 0.3) is 0 Å².